The molecule has 9 nitrogen and oxygen atoms in total. The van der Waals surface area contributed by atoms with Crippen LogP contribution in [0.5, 0.6) is 5.75 Å². The molecule has 4 rings (SSSR count). The molecule has 3 aromatic heterocycles. The highest BCUT2D eigenvalue weighted by atomic mass is 16.6. The zero-order valence-electron chi connectivity index (χ0n) is 19.4. The molecule has 0 aliphatic heterocycles. The Kier molecular flexibility index (Phi) is 6.13. The number of H-pyrrole nitrogens is 1. The highest BCUT2D eigenvalue weighted by Gasteiger charge is 2.18. The maximum atomic E-state index is 11.8. The van der Waals surface area contributed by atoms with Gasteiger partial charge in [-0.25, -0.2) is 14.8 Å². The monoisotopic (exact) mass is 450 g/mol. The molecule has 9 heteroatoms. The Morgan fingerprint density at radius 2 is 2.06 bits per heavy atom. The normalized spacial score (nSPS) is 11.8. The number of nitrogen functional groups attached to an aromatic ring is 1. The van der Waals surface area contributed by atoms with Crippen molar-refractivity contribution in [3.8, 4) is 17.0 Å². The molecule has 0 unspecified atom stereocenters. The Morgan fingerprint density at radius 1 is 1.24 bits per heavy atom. The molecule has 174 valence electrons. The highest BCUT2D eigenvalue weighted by Crippen LogP contribution is 2.36. The number of amides is 1. The van der Waals surface area contributed by atoms with Crippen molar-refractivity contribution in [1.29, 1.82) is 0 Å². The van der Waals surface area contributed by atoms with Gasteiger partial charge in [-0.2, -0.15) is 0 Å². The molecule has 1 amide bonds. The summed E-state index contributed by atoms with van der Waals surface area (Å²) < 4.78 is 12.8. The topological polar surface area (TPSA) is 120 Å². The number of hydrogen-bond donors (Lipinski definition) is 3. The number of ether oxygens (including phenoxy) is 2. The minimum atomic E-state index is -0.503. The van der Waals surface area contributed by atoms with Crippen LogP contribution in [0.15, 0.2) is 36.8 Å². The maximum absolute atomic E-state index is 11.8. The molecule has 0 spiro atoms. The van der Waals surface area contributed by atoms with E-state index in [0.717, 1.165) is 58.3 Å². The molecule has 0 bridgehead atoms. The lowest BCUT2D eigenvalue weighted by atomic mass is 10.1. The predicted molar refractivity (Wildman–Crippen MR) is 129 cm³/mol. The Balaban J connectivity index is 1.53. The van der Waals surface area contributed by atoms with Crippen LogP contribution in [-0.2, 0) is 11.3 Å². The lowest BCUT2D eigenvalue weighted by molar-refractivity contribution is 0.0527. The largest absolute Gasteiger partial charge is 0.495 e. The zero-order chi connectivity index (χ0) is 23.6. The summed E-state index contributed by atoms with van der Waals surface area (Å²) >= 11 is 0. The Labute approximate surface area is 192 Å². The zero-order valence-corrected chi connectivity index (χ0v) is 19.4. The number of benzene rings is 1. The van der Waals surface area contributed by atoms with E-state index in [4.69, 9.17) is 15.2 Å². The number of para-hydroxylation sites is 1. The number of fused-ring (bicyclic) bond motifs is 2. The Bertz CT molecular complexity index is 1280. The SMILES string of the molecule is COc1cccc2cc(-c3cn(CCCCNC(=O)OC(C)(C)C)c4ncnc(N)c34)[nH]c12. The van der Waals surface area contributed by atoms with E-state index in [0.29, 0.717) is 12.4 Å². The molecule has 0 saturated carbocycles. The van der Waals surface area contributed by atoms with Crippen LogP contribution in [0.1, 0.15) is 33.6 Å². The number of hydrogen-bond acceptors (Lipinski definition) is 6. The van der Waals surface area contributed by atoms with Crippen molar-refractivity contribution in [3.05, 3.63) is 36.8 Å². The average Bonchev–Trinajstić information content (AvgIpc) is 3.34. The standard InChI is InChI=1S/C24H30N6O3/c1-24(2,3)33-23(31)26-10-5-6-11-30-13-16(19-21(25)27-14-28-22(19)30)17-12-15-8-7-9-18(32-4)20(15)29-17/h7-9,12-14,29H,5-6,10-11H2,1-4H3,(H,26,31)(H2,25,27,28). The number of aromatic nitrogens is 4. The summed E-state index contributed by atoms with van der Waals surface area (Å²) in [6.07, 6.45) is 4.79. The van der Waals surface area contributed by atoms with Gasteiger partial charge in [0.2, 0.25) is 0 Å². The molecular weight excluding hydrogens is 420 g/mol. The van der Waals surface area contributed by atoms with Crippen LogP contribution in [-0.4, -0.2) is 44.9 Å². The van der Waals surface area contributed by atoms with Crippen molar-refractivity contribution >= 4 is 33.8 Å². The third kappa shape index (κ3) is 4.87. The molecule has 0 aliphatic carbocycles. The number of carbonyl (C=O) groups excluding carboxylic acids is 1. The van der Waals surface area contributed by atoms with Gasteiger partial charge in [0.05, 0.1) is 18.0 Å². The maximum Gasteiger partial charge on any atom is 0.407 e. The smallest absolute Gasteiger partial charge is 0.407 e. The quantitative estimate of drug-likeness (QED) is 0.357. The van der Waals surface area contributed by atoms with E-state index >= 15 is 0 Å². The van der Waals surface area contributed by atoms with Gasteiger partial charge in [-0.15, -0.1) is 0 Å². The van der Waals surface area contributed by atoms with Crippen LogP contribution in [0.3, 0.4) is 0 Å². The molecule has 33 heavy (non-hydrogen) atoms. The molecule has 1 aromatic carbocycles. The van der Waals surface area contributed by atoms with E-state index in [1.54, 1.807) is 7.11 Å². The summed E-state index contributed by atoms with van der Waals surface area (Å²) in [4.78, 5) is 24.0. The summed E-state index contributed by atoms with van der Waals surface area (Å²) in [5.74, 6) is 1.22. The summed E-state index contributed by atoms with van der Waals surface area (Å²) in [7, 11) is 1.66. The third-order valence-corrected chi connectivity index (χ3v) is 5.30. The number of methoxy groups -OCH3 is 1. The number of nitrogens with one attached hydrogen (secondary N) is 2. The van der Waals surface area contributed by atoms with Crippen LogP contribution < -0.4 is 15.8 Å². The highest BCUT2D eigenvalue weighted by molar-refractivity contribution is 6.02. The van der Waals surface area contributed by atoms with Crippen molar-refractivity contribution < 1.29 is 14.3 Å². The van der Waals surface area contributed by atoms with Gasteiger partial charge < -0.3 is 30.1 Å². The summed E-state index contributed by atoms with van der Waals surface area (Å²) in [5, 5.41) is 4.66. The van der Waals surface area contributed by atoms with E-state index in [1.165, 1.54) is 6.33 Å². The third-order valence-electron chi connectivity index (χ3n) is 5.30. The predicted octanol–water partition coefficient (Wildman–Crippen LogP) is 4.48. The number of nitrogens with zero attached hydrogens (tertiary/aromatic N) is 3. The van der Waals surface area contributed by atoms with Crippen molar-refractivity contribution in [3.63, 3.8) is 0 Å². The minimum Gasteiger partial charge on any atom is -0.495 e. The van der Waals surface area contributed by atoms with E-state index in [1.807, 2.05) is 45.2 Å². The van der Waals surface area contributed by atoms with Crippen LogP contribution in [0, 0.1) is 0 Å². The molecule has 0 aliphatic rings. The van der Waals surface area contributed by atoms with Gasteiger partial charge in [0.1, 0.15) is 29.1 Å². The second-order valence-corrected chi connectivity index (χ2v) is 8.94. The molecule has 0 radical (unpaired) electrons. The minimum absolute atomic E-state index is 0.397. The van der Waals surface area contributed by atoms with Gasteiger partial charge in [0.15, 0.2) is 0 Å². The fourth-order valence-corrected chi connectivity index (χ4v) is 3.88. The first kappa shape index (κ1) is 22.4. The van der Waals surface area contributed by atoms with Gasteiger partial charge in [-0.1, -0.05) is 12.1 Å². The van der Waals surface area contributed by atoms with Gasteiger partial charge in [0.25, 0.3) is 0 Å². The first-order valence-electron chi connectivity index (χ1n) is 11.0. The molecule has 4 N–H and O–H groups in total. The molecule has 0 saturated heterocycles. The average molecular weight is 451 g/mol. The number of carbonyl (C=O) groups is 1. The van der Waals surface area contributed by atoms with Crippen molar-refractivity contribution in [2.45, 2.75) is 45.8 Å². The van der Waals surface area contributed by atoms with E-state index in [-0.39, 0.29) is 0 Å². The van der Waals surface area contributed by atoms with E-state index in [2.05, 4.69) is 30.9 Å². The number of nitrogens with two attached hydrogens (primary N) is 1. The van der Waals surface area contributed by atoms with E-state index < -0.39 is 11.7 Å². The summed E-state index contributed by atoms with van der Waals surface area (Å²) in [6, 6.07) is 8.00. The molecule has 0 fully saturated rings. The first-order valence-corrected chi connectivity index (χ1v) is 11.0. The molecule has 0 atom stereocenters. The summed E-state index contributed by atoms with van der Waals surface area (Å²) in [5.41, 5.74) is 9.32. The summed E-state index contributed by atoms with van der Waals surface area (Å²) in [6.45, 7) is 6.81. The fraction of sp³-hybridized carbons (Fsp3) is 0.375. The van der Waals surface area contributed by atoms with Crippen molar-refractivity contribution in [1.82, 2.24) is 24.8 Å². The number of unbranched alkanes of at least 4 members (excludes halogenated alkanes) is 1. The van der Waals surface area contributed by atoms with Gasteiger partial charge in [0, 0.05) is 35.9 Å². The Morgan fingerprint density at radius 3 is 2.82 bits per heavy atom. The molecule has 3 heterocycles. The lowest BCUT2D eigenvalue weighted by Crippen LogP contribution is -2.33. The number of rotatable bonds is 7. The molecule has 4 aromatic rings. The van der Waals surface area contributed by atoms with E-state index in [9.17, 15) is 4.79 Å². The van der Waals surface area contributed by atoms with Crippen LogP contribution in [0.25, 0.3) is 33.2 Å². The Hall–Kier alpha value is -3.75. The fourth-order valence-electron chi connectivity index (χ4n) is 3.88. The van der Waals surface area contributed by atoms with Crippen LogP contribution in [0.4, 0.5) is 10.6 Å². The number of aryl methyl sites for hydroxylation is 1. The van der Waals surface area contributed by atoms with Crippen molar-refractivity contribution in [2.75, 3.05) is 19.4 Å². The number of anilines is 1. The number of alkyl carbamates (subject to hydrolysis) is 1. The first-order chi connectivity index (χ1) is 15.8. The second-order valence-electron chi connectivity index (χ2n) is 8.94. The van der Waals surface area contributed by atoms with Crippen LogP contribution >= 0.6 is 0 Å². The van der Waals surface area contributed by atoms with Gasteiger partial charge in [-0.05, 0) is 45.7 Å². The van der Waals surface area contributed by atoms with Crippen molar-refractivity contribution in [2.24, 2.45) is 0 Å². The van der Waals surface area contributed by atoms with Crippen LogP contribution in [0.2, 0.25) is 0 Å². The van der Waals surface area contributed by atoms with Gasteiger partial charge >= 0.3 is 6.09 Å². The van der Waals surface area contributed by atoms with Gasteiger partial charge in [-0.3, -0.25) is 0 Å². The lowest BCUT2D eigenvalue weighted by Gasteiger charge is -2.19. The molecular formula is C24H30N6O3. The number of aromatic amines is 1. The second kappa shape index (κ2) is 9.01.